The number of benzene rings is 1. The Kier molecular flexibility index (Phi) is 5.20. The van der Waals surface area contributed by atoms with Crippen LogP contribution in [0.1, 0.15) is 58.3 Å². The fourth-order valence-electron chi connectivity index (χ4n) is 4.24. The quantitative estimate of drug-likeness (QED) is 0.718. The molecule has 142 valence electrons. The van der Waals surface area contributed by atoms with Crippen LogP contribution in [0.5, 0.6) is 5.75 Å². The molecule has 0 amide bonds. The zero-order valence-electron chi connectivity index (χ0n) is 15.9. The molecule has 5 heteroatoms. The maximum absolute atomic E-state index is 13.0. The molecule has 0 unspecified atom stereocenters. The molecule has 0 saturated heterocycles. The van der Waals surface area contributed by atoms with E-state index in [2.05, 4.69) is 23.7 Å². The minimum Gasteiger partial charge on any atom is -0.477 e. The molecule has 1 aliphatic heterocycles. The maximum atomic E-state index is 13.0. The first-order chi connectivity index (χ1) is 13.0. The molecule has 2 aliphatic rings. The van der Waals surface area contributed by atoms with E-state index in [0.717, 1.165) is 34.4 Å². The van der Waals surface area contributed by atoms with E-state index >= 15 is 0 Å². The number of aromatic nitrogens is 1. The van der Waals surface area contributed by atoms with Crippen LogP contribution in [0.4, 0.5) is 0 Å². The molecular formula is C22H25ClN2O2. The second kappa shape index (κ2) is 7.61. The van der Waals surface area contributed by atoms with Crippen molar-refractivity contribution in [1.29, 1.82) is 0 Å². The fraction of sp³-hybridized carbons (Fsp3) is 0.455. The molecule has 1 saturated carbocycles. The number of pyridine rings is 1. The van der Waals surface area contributed by atoms with Crippen molar-refractivity contribution >= 4 is 17.4 Å². The lowest BCUT2D eigenvalue weighted by Crippen LogP contribution is -2.38. The van der Waals surface area contributed by atoms with Crippen LogP contribution in [0, 0.1) is 13.8 Å². The van der Waals surface area contributed by atoms with E-state index in [-0.39, 0.29) is 5.78 Å². The van der Waals surface area contributed by atoms with E-state index in [1.165, 1.54) is 31.2 Å². The van der Waals surface area contributed by atoms with Crippen LogP contribution in [-0.4, -0.2) is 35.0 Å². The number of hydrogen-bond donors (Lipinski definition) is 0. The minimum absolute atomic E-state index is 0.160. The molecule has 0 N–H and O–H groups in total. The van der Waals surface area contributed by atoms with Gasteiger partial charge in [-0.05, 0) is 67.5 Å². The minimum atomic E-state index is 0.160. The Morgan fingerprint density at radius 3 is 2.70 bits per heavy atom. The van der Waals surface area contributed by atoms with Crippen molar-refractivity contribution in [2.24, 2.45) is 0 Å². The van der Waals surface area contributed by atoms with E-state index in [1.54, 1.807) is 12.3 Å². The van der Waals surface area contributed by atoms with Gasteiger partial charge in [0.2, 0.25) is 0 Å². The third-order valence-electron chi connectivity index (χ3n) is 5.99. The van der Waals surface area contributed by atoms with Gasteiger partial charge >= 0.3 is 0 Å². The number of carbonyl (C=O) groups is 1. The average Bonchev–Trinajstić information content (AvgIpc) is 3.14. The number of ketones is 1. The molecule has 1 aliphatic carbocycles. The Labute approximate surface area is 165 Å². The Morgan fingerprint density at radius 1 is 1.22 bits per heavy atom. The van der Waals surface area contributed by atoms with E-state index in [0.29, 0.717) is 24.5 Å². The van der Waals surface area contributed by atoms with E-state index in [1.807, 2.05) is 12.1 Å². The van der Waals surface area contributed by atoms with Crippen LogP contribution in [0.2, 0.25) is 5.15 Å². The van der Waals surface area contributed by atoms with Gasteiger partial charge in [0.15, 0.2) is 5.78 Å². The predicted molar refractivity (Wildman–Crippen MR) is 107 cm³/mol. The second-order valence-electron chi connectivity index (χ2n) is 7.71. The van der Waals surface area contributed by atoms with Crippen LogP contribution >= 0.6 is 11.6 Å². The number of carbonyl (C=O) groups excluding carboxylic acids is 1. The molecule has 2 aromatic rings. The zero-order chi connectivity index (χ0) is 19.0. The Balaban J connectivity index is 1.64. The summed E-state index contributed by atoms with van der Waals surface area (Å²) in [5.41, 5.74) is 5.17. The summed E-state index contributed by atoms with van der Waals surface area (Å²) in [4.78, 5) is 19.4. The van der Waals surface area contributed by atoms with Crippen molar-refractivity contribution in [2.75, 3.05) is 13.3 Å². The SMILES string of the molecule is Cc1c(Cc2ccc(Cl)nc2)cc2c(c1C)OCN(C1CCCC1)CC2=O. The monoisotopic (exact) mass is 384 g/mol. The standard InChI is InChI=1S/C22H25ClN2O2/c1-14-15(2)22-19(10-17(14)9-16-7-8-21(23)24-11-16)20(26)12-25(13-27-22)18-5-3-4-6-18/h7-8,10-11,18H,3-6,9,12-13H2,1-2H3. The van der Waals surface area contributed by atoms with Crippen molar-refractivity contribution in [3.05, 3.63) is 57.4 Å². The first-order valence-electron chi connectivity index (χ1n) is 9.66. The van der Waals surface area contributed by atoms with Gasteiger partial charge in [-0.1, -0.05) is 30.5 Å². The van der Waals surface area contributed by atoms with Crippen molar-refractivity contribution in [3.8, 4) is 5.75 Å². The third kappa shape index (κ3) is 3.74. The number of fused-ring (bicyclic) bond motifs is 1. The van der Waals surface area contributed by atoms with E-state index in [4.69, 9.17) is 16.3 Å². The molecule has 0 spiro atoms. The number of nitrogens with zero attached hydrogens (tertiary/aromatic N) is 2. The molecule has 27 heavy (non-hydrogen) atoms. The van der Waals surface area contributed by atoms with Crippen molar-refractivity contribution in [3.63, 3.8) is 0 Å². The normalized spacial score (nSPS) is 18.3. The van der Waals surface area contributed by atoms with E-state index < -0.39 is 0 Å². The summed E-state index contributed by atoms with van der Waals surface area (Å²) in [7, 11) is 0. The highest BCUT2D eigenvalue weighted by atomic mass is 35.5. The van der Waals surface area contributed by atoms with Crippen LogP contribution in [0.3, 0.4) is 0 Å². The molecule has 0 radical (unpaired) electrons. The van der Waals surface area contributed by atoms with Crippen LogP contribution in [0.15, 0.2) is 24.4 Å². The Bertz CT molecular complexity index is 858. The summed E-state index contributed by atoms with van der Waals surface area (Å²) in [5.74, 6) is 0.920. The summed E-state index contributed by atoms with van der Waals surface area (Å²) in [6, 6.07) is 6.28. The van der Waals surface area contributed by atoms with Crippen LogP contribution < -0.4 is 4.74 Å². The largest absolute Gasteiger partial charge is 0.477 e. The van der Waals surface area contributed by atoms with Gasteiger partial charge in [0.1, 0.15) is 17.6 Å². The summed E-state index contributed by atoms with van der Waals surface area (Å²) in [6.45, 7) is 5.10. The zero-order valence-corrected chi connectivity index (χ0v) is 16.7. The van der Waals surface area contributed by atoms with Crippen molar-refractivity contribution in [1.82, 2.24) is 9.88 Å². The van der Waals surface area contributed by atoms with Gasteiger partial charge in [-0.3, -0.25) is 9.69 Å². The van der Waals surface area contributed by atoms with Gasteiger partial charge in [0, 0.05) is 12.2 Å². The van der Waals surface area contributed by atoms with Gasteiger partial charge in [-0.2, -0.15) is 0 Å². The molecule has 1 fully saturated rings. The highest BCUT2D eigenvalue weighted by Crippen LogP contribution is 2.34. The van der Waals surface area contributed by atoms with Crippen molar-refractivity contribution < 1.29 is 9.53 Å². The number of halogens is 1. The van der Waals surface area contributed by atoms with Crippen LogP contribution in [0.25, 0.3) is 0 Å². The molecule has 1 aromatic carbocycles. The number of ether oxygens (including phenoxy) is 1. The number of Topliss-reactive ketones (excluding diaryl/α,β-unsaturated/α-hetero) is 1. The number of rotatable bonds is 3. The van der Waals surface area contributed by atoms with Gasteiger partial charge in [-0.15, -0.1) is 0 Å². The van der Waals surface area contributed by atoms with Gasteiger partial charge < -0.3 is 4.74 Å². The van der Waals surface area contributed by atoms with Crippen molar-refractivity contribution in [2.45, 2.75) is 52.0 Å². The lowest BCUT2D eigenvalue weighted by atomic mass is 9.92. The average molecular weight is 385 g/mol. The molecular weight excluding hydrogens is 360 g/mol. The molecule has 4 rings (SSSR count). The van der Waals surface area contributed by atoms with Gasteiger partial charge in [0.05, 0.1) is 12.1 Å². The molecule has 4 nitrogen and oxygen atoms in total. The summed E-state index contributed by atoms with van der Waals surface area (Å²) < 4.78 is 6.15. The first kappa shape index (κ1) is 18.5. The fourth-order valence-corrected chi connectivity index (χ4v) is 4.35. The van der Waals surface area contributed by atoms with Gasteiger partial charge in [0.25, 0.3) is 0 Å². The highest BCUT2D eigenvalue weighted by Gasteiger charge is 2.30. The smallest absolute Gasteiger partial charge is 0.180 e. The summed E-state index contributed by atoms with van der Waals surface area (Å²) in [6.07, 6.45) is 7.35. The Hall–Kier alpha value is -1.91. The lowest BCUT2D eigenvalue weighted by molar-refractivity contribution is 0.0748. The summed E-state index contributed by atoms with van der Waals surface area (Å²) in [5, 5.41) is 0.490. The second-order valence-corrected chi connectivity index (χ2v) is 8.10. The number of hydrogen-bond acceptors (Lipinski definition) is 4. The van der Waals surface area contributed by atoms with E-state index in [9.17, 15) is 4.79 Å². The highest BCUT2D eigenvalue weighted by molar-refractivity contribution is 6.29. The summed E-state index contributed by atoms with van der Waals surface area (Å²) >= 11 is 5.89. The lowest BCUT2D eigenvalue weighted by Gasteiger charge is -2.25. The Morgan fingerprint density at radius 2 is 2.00 bits per heavy atom. The van der Waals surface area contributed by atoms with Crippen LogP contribution in [-0.2, 0) is 6.42 Å². The molecule has 1 aromatic heterocycles. The maximum Gasteiger partial charge on any atom is 0.180 e. The predicted octanol–water partition coefficient (Wildman–Crippen LogP) is 4.72. The molecule has 0 atom stereocenters. The first-order valence-corrected chi connectivity index (χ1v) is 10.0. The molecule has 0 bridgehead atoms. The third-order valence-corrected chi connectivity index (χ3v) is 6.22. The topological polar surface area (TPSA) is 42.4 Å². The molecule has 2 heterocycles. The van der Waals surface area contributed by atoms with Gasteiger partial charge in [-0.25, -0.2) is 4.98 Å².